The van der Waals surface area contributed by atoms with Crippen molar-refractivity contribution in [3.05, 3.63) is 23.3 Å². The van der Waals surface area contributed by atoms with Gasteiger partial charge < -0.3 is 10.2 Å². The first-order valence-electron chi connectivity index (χ1n) is 10.8. The molecule has 2 N–H and O–H groups in total. The maximum Gasteiger partial charge on any atom is 0.0599 e. The molecule has 0 bridgehead atoms. The Morgan fingerprint density at radius 1 is 1.16 bits per heavy atom. The summed E-state index contributed by atoms with van der Waals surface area (Å²) in [5.74, 6) is 2.78. The second kappa shape index (κ2) is 7.96. The van der Waals surface area contributed by atoms with Crippen molar-refractivity contribution in [1.82, 2.24) is 0 Å². The molecular weight excluding hydrogens is 308 g/mol. The summed E-state index contributed by atoms with van der Waals surface area (Å²) in [4.78, 5) is 0. The molecule has 0 aromatic carbocycles. The molecule has 25 heavy (non-hydrogen) atoms. The number of hydrogen-bond donors (Lipinski definition) is 2. The van der Waals surface area contributed by atoms with Crippen molar-refractivity contribution in [3.8, 4) is 0 Å². The highest BCUT2D eigenvalue weighted by Gasteiger charge is 2.58. The smallest absolute Gasteiger partial charge is 0.0599 e. The number of aliphatic hydroxyl groups is 2. The molecule has 3 saturated carbocycles. The van der Waals surface area contributed by atoms with Crippen molar-refractivity contribution in [3.63, 3.8) is 0 Å². The normalized spacial score (nSPS) is 42.2. The average Bonchev–Trinajstić information content (AvgIpc) is 2.92. The van der Waals surface area contributed by atoms with Gasteiger partial charge in [-0.25, -0.2) is 0 Å². The van der Waals surface area contributed by atoms with Gasteiger partial charge in [-0.05, 0) is 98.0 Å². The monoisotopic (exact) mass is 346 g/mol. The van der Waals surface area contributed by atoms with Crippen LogP contribution in [0.5, 0.6) is 0 Å². The number of fused-ring (bicyclic) bond motifs is 5. The van der Waals surface area contributed by atoms with Crippen LogP contribution >= 0.6 is 0 Å². The van der Waals surface area contributed by atoms with E-state index in [1.807, 2.05) is 13.8 Å². The SMILES string of the molecule is CC.CC12CCC3C4=CCCC=C4CCC3C1C(CCCO)CC2O. The second-order valence-electron chi connectivity index (χ2n) is 8.72. The highest BCUT2D eigenvalue weighted by molar-refractivity contribution is 5.39. The second-order valence-corrected chi connectivity index (χ2v) is 8.72. The maximum atomic E-state index is 10.8. The van der Waals surface area contributed by atoms with Crippen LogP contribution in [0.2, 0.25) is 0 Å². The predicted molar refractivity (Wildman–Crippen MR) is 104 cm³/mol. The molecule has 2 heteroatoms. The first kappa shape index (κ1) is 19.2. The van der Waals surface area contributed by atoms with Crippen LogP contribution in [0, 0.1) is 29.1 Å². The lowest BCUT2D eigenvalue weighted by Crippen LogP contribution is -2.46. The van der Waals surface area contributed by atoms with Crippen LogP contribution in [0.15, 0.2) is 23.3 Å². The van der Waals surface area contributed by atoms with Gasteiger partial charge in [-0.2, -0.15) is 0 Å². The fourth-order valence-electron chi connectivity index (χ4n) is 6.69. The lowest BCUT2D eigenvalue weighted by molar-refractivity contribution is -0.0393. The number of allylic oxidation sites excluding steroid dienone is 4. The van der Waals surface area contributed by atoms with Gasteiger partial charge in [0, 0.05) is 6.61 Å². The first-order chi connectivity index (χ1) is 12.1. The van der Waals surface area contributed by atoms with Gasteiger partial charge in [-0.3, -0.25) is 0 Å². The van der Waals surface area contributed by atoms with Crippen LogP contribution in [-0.2, 0) is 0 Å². The van der Waals surface area contributed by atoms with E-state index in [-0.39, 0.29) is 11.5 Å². The first-order valence-corrected chi connectivity index (χ1v) is 10.8. The average molecular weight is 347 g/mol. The fourth-order valence-corrected chi connectivity index (χ4v) is 6.69. The molecule has 0 radical (unpaired) electrons. The van der Waals surface area contributed by atoms with E-state index in [1.54, 1.807) is 11.1 Å². The van der Waals surface area contributed by atoms with Crippen molar-refractivity contribution in [1.29, 1.82) is 0 Å². The van der Waals surface area contributed by atoms with Crippen molar-refractivity contribution in [2.75, 3.05) is 6.61 Å². The molecule has 6 atom stereocenters. The van der Waals surface area contributed by atoms with Gasteiger partial charge in [0.15, 0.2) is 0 Å². The molecule has 0 aromatic rings. The summed E-state index contributed by atoms with van der Waals surface area (Å²) in [6.45, 7) is 6.65. The quantitative estimate of drug-likeness (QED) is 0.732. The third-order valence-corrected chi connectivity index (χ3v) is 7.70. The van der Waals surface area contributed by atoms with E-state index in [9.17, 15) is 10.2 Å². The van der Waals surface area contributed by atoms with E-state index < -0.39 is 0 Å². The molecule has 0 heterocycles. The molecule has 0 aliphatic heterocycles. The van der Waals surface area contributed by atoms with E-state index >= 15 is 0 Å². The minimum atomic E-state index is -0.130. The molecule has 0 amide bonds. The zero-order chi connectivity index (χ0) is 18.0. The van der Waals surface area contributed by atoms with Crippen molar-refractivity contribution in [2.45, 2.75) is 84.7 Å². The van der Waals surface area contributed by atoms with Crippen LogP contribution in [0.4, 0.5) is 0 Å². The molecule has 0 aromatic heterocycles. The molecule has 0 spiro atoms. The van der Waals surface area contributed by atoms with Gasteiger partial charge in [0.25, 0.3) is 0 Å². The van der Waals surface area contributed by atoms with Crippen LogP contribution in [-0.4, -0.2) is 22.9 Å². The van der Waals surface area contributed by atoms with E-state index in [1.165, 1.54) is 38.5 Å². The molecular formula is C23H38O2. The fraction of sp³-hybridized carbons (Fsp3) is 0.826. The highest BCUT2D eigenvalue weighted by atomic mass is 16.3. The van der Waals surface area contributed by atoms with E-state index in [4.69, 9.17) is 0 Å². The third kappa shape index (κ3) is 3.25. The Morgan fingerprint density at radius 3 is 2.68 bits per heavy atom. The Balaban J connectivity index is 0.000000880. The molecule has 0 saturated heterocycles. The lowest BCUT2D eigenvalue weighted by atomic mass is 9.52. The Morgan fingerprint density at radius 2 is 1.92 bits per heavy atom. The largest absolute Gasteiger partial charge is 0.396 e. The van der Waals surface area contributed by atoms with Gasteiger partial charge in [0.1, 0.15) is 0 Å². The Hall–Kier alpha value is -0.600. The maximum absolute atomic E-state index is 10.8. The minimum Gasteiger partial charge on any atom is -0.396 e. The van der Waals surface area contributed by atoms with E-state index in [0.717, 1.165) is 31.1 Å². The van der Waals surface area contributed by atoms with Crippen molar-refractivity contribution < 1.29 is 10.2 Å². The molecule has 142 valence electrons. The summed E-state index contributed by atoms with van der Waals surface area (Å²) >= 11 is 0. The summed E-state index contributed by atoms with van der Waals surface area (Å²) in [6, 6.07) is 0. The Labute approximate surface area is 154 Å². The van der Waals surface area contributed by atoms with Crippen LogP contribution in [0.3, 0.4) is 0 Å². The zero-order valence-electron chi connectivity index (χ0n) is 16.5. The van der Waals surface area contributed by atoms with Gasteiger partial charge >= 0.3 is 0 Å². The van der Waals surface area contributed by atoms with E-state index in [0.29, 0.717) is 18.4 Å². The van der Waals surface area contributed by atoms with E-state index in [2.05, 4.69) is 19.1 Å². The molecule has 3 fully saturated rings. The van der Waals surface area contributed by atoms with Crippen LogP contribution in [0.1, 0.15) is 78.6 Å². The van der Waals surface area contributed by atoms with Crippen LogP contribution < -0.4 is 0 Å². The summed E-state index contributed by atoms with van der Waals surface area (Å²) in [5, 5.41) is 20.0. The highest BCUT2D eigenvalue weighted by Crippen LogP contribution is 2.63. The molecule has 4 rings (SSSR count). The lowest BCUT2D eigenvalue weighted by Gasteiger charge is -2.52. The summed E-state index contributed by atoms with van der Waals surface area (Å²) in [7, 11) is 0. The van der Waals surface area contributed by atoms with Crippen molar-refractivity contribution >= 4 is 0 Å². The van der Waals surface area contributed by atoms with Gasteiger partial charge in [-0.1, -0.05) is 32.9 Å². The number of aliphatic hydroxyl groups excluding tert-OH is 2. The molecule has 4 aliphatic carbocycles. The molecule has 2 nitrogen and oxygen atoms in total. The van der Waals surface area contributed by atoms with Gasteiger partial charge in [0.2, 0.25) is 0 Å². The summed E-state index contributed by atoms with van der Waals surface area (Å²) < 4.78 is 0. The van der Waals surface area contributed by atoms with Gasteiger partial charge in [0.05, 0.1) is 6.10 Å². The predicted octanol–water partition coefficient (Wildman–Crippen LogP) is 5.26. The standard InChI is InChI=1S/C21H32O2.C2H6/c1-21-11-10-17-16-7-3-2-5-14(16)8-9-18(17)20(21)15(6-4-12-22)13-19(21)23;1-2/h5,7,15,17-20,22-23H,2-4,6,8-13H2,1H3;1-2H3. The van der Waals surface area contributed by atoms with Crippen molar-refractivity contribution in [2.24, 2.45) is 29.1 Å². The third-order valence-electron chi connectivity index (χ3n) is 7.70. The Kier molecular flexibility index (Phi) is 6.11. The Bertz CT molecular complexity index is 520. The summed E-state index contributed by atoms with van der Waals surface area (Å²) in [6.07, 6.45) is 15.3. The molecule has 6 unspecified atom stereocenters. The number of rotatable bonds is 3. The topological polar surface area (TPSA) is 40.5 Å². The van der Waals surface area contributed by atoms with Crippen LogP contribution in [0.25, 0.3) is 0 Å². The zero-order valence-corrected chi connectivity index (χ0v) is 16.5. The molecule has 4 aliphatic rings. The minimum absolute atomic E-state index is 0.123. The van der Waals surface area contributed by atoms with Gasteiger partial charge in [-0.15, -0.1) is 0 Å². The number of hydrogen-bond acceptors (Lipinski definition) is 2. The summed E-state index contributed by atoms with van der Waals surface area (Å²) in [5.41, 5.74) is 3.45.